The molecule has 1 aromatic carbocycles. The van der Waals surface area contributed by atoms with Crippen molar-refractivity contribution in [3.05, 3.63) is 17.7 Å². The summed E-state index contributed by atoms with van der Waals surface area (Å²) in [4.78, 5) is 11.0. The van der Waals surface area contributed by atoms with E-state index >= 15 is 0 Å². The maximum Gasteiger partial charge on any atom is 0.305 e. The van der Waals surface area contributed by atoms with Crippen LogP contribution in [0, 0.1) is 0 Å². The third kappa shape index (κ3) is 2.79. The number of aromatic hydroxyl groups is 1. The lowest BCUT2D eigenvalue weighted by atomic mass is 10.1. The lowest BCUT2D eigenvalue weighted by Gasteiger charge is -2.09. The number of rotatable bonds is 4. The minimum Gasteiger partial charge on any atom is -0.503 e. The van der Waals surface area contributed by atoms with E-state index in [0.29, 0.717) is 12.2 Å². The van der Waals surface area contributed by atoms with Crippen LogP contribution in [0.2, 0.25) is 0 Å². The largest absolute Gasteiger partial charge is 0.503 e. The van der Waals surface area contributed by atoms with Gasteiger partial charge < -0.3 is 20.3 Å². The fraction of sp³-hybridized carbons (Fsp3) is 0.364. The molecule has 0 saturated heterocycles. The number of ether oxygens (including phenoxy) is 2. The zero-order valence-electron chi connectivity index (χ0n) is 9.32. The number of phenolic OH excluding ortho intramolecular Hbond substituents is 1. The van der Waals surface area contributed by atoms with E-state index in [2.05, 4.69) is 4.74 Å². The van der Waals surface area contributed by atoms with Gasteiger partial charge in [0.15, 0.2) is 11.5 Å². The lowest BCUT2D eigenvalue weighted by Crippen LogP contribution is -2.02. The number of hydrogen-bond acceptors (Lipinski definition) is 5. The monoisotopic (exact) mass is 225 g/mol. The molecule has 0 bridgehead atoms. The second kappa shape index (κ2) is 5.25. The summed E-state index contributed by atoms with van der Waals surface area (Å²) in [7, 11) is 2.78. The first kappa shape index (κ1) is 12.2. The van der Waals surface area contributed by atoms with Gasteiger partial charge in [-0.2, -0.15) is 0 Å². The molecule has 88 valence electrons. The molecule has 0 aliphatic heterocycles. The van der Waals surface area contributed by atoms with Crippen molar-refractivity contribution in [3.63, 3.8) is 0 Å². The number of hydrogen-bond donors (Lipinski definition) is 2. The van der Waals surface area contributed by atoms with Crippen molar-refractivity contribution >= 4 is 11.7 Å². The molecule has 5 heteroatoms. The van der Waals surface area contributed by atoms with Gasteiger partial charge in [-0.3, -0.25) is 4.79 Å². The zero-order valence-corrected chi connectivity index (χ0v) is 9.32. The number of esters is 1. The number of nitrogens with two attached hydrogens (primary N) is 1. The Balaban J connectivity index is 2.81. The minimum atomic E-state index is -0.286. The van der Waals surface area contributed by atoms with E-state index in [1.165, 1.54) is 14.2 Å². The Bertz CT molecular complexity index is 390. The molecular formula is C11H15NO4. The van der Waals surface area contributed by atoms with Crippen LogP contribution in [0.3, 0.4) is 0 Å². The highest BCUT2D eigenvalue weighted by molar-refractivity contribution is 5.70. The van der Waals surface area contributed by atoms with Gasteiger partial charge in [-0.25, -0.2) is 0 Å². The van der Waals surface area contributed by atoms with Crippen LogP contribution in [-0.2, 0) is 16.0 Å². The number of anilines is 1. The number of aryl methyl sites for hydroxylation is 1. The minimum absolute atomic E-state index is 0.0793. The second-order valence-corrected chi connectivity index (χ2v) is 3.31. The standard InChI is InChI=1S/C11H15NO4/c1-15-9-6-7(3-4-10(13)16-2)5-8(12)11(9)14/h5-6,14H,3-4,12H2,1-2H3. The Labute approximate surface area is 93.8 Å². The van der Waals surface area contributed by atoms with E-state index in [1.807, 2.05) is 0 Å². The summed E-state index contributed by atoms with van der Waals surface area (Å²) in [6.07, 6.45) is 0.761. The van der Waals surface area contributed by atoms with Gasteiger partial charge in [-0.05, 0) is 24.1 Å². The van der Waals surface area contributed by atoms with Crippen molar-refractivity contribution in [2.75, 3.05) is 20.0 Å². The van der Waals surface area contributed by atoms with Crippen LogP contribution in [0.5, 0.6) is 11.5 Å². The zero-order chi connectivity index (χ0) is 12.1. The van der Waals surface area contributed by atoms with Crippen molar-refractivity contribution in [2.45, 2.75) is 12.8 Å². The van der Waals surface area contributed by atoms with Gasteiger partial charge >= 0.3 is 5.97 Å². The quantitative estimate of drug-likeness (QED) is 0.455. The number of phenols is 1. The van der Waals surface area contributed by atoms with E-state index in [4.69, 9.17) is 10.5 Å². The Morgan fingerprint density at radius 3 is 2.69 bits per heavy atom. The molecule has 0 atom stereocenters. The van der Waals surface area contributed by atoms with Gasteiger partial charge in [-0.1, -0.05) is 0 Å². The highest BCUT2D eigenvalue weighted by Gasteiger charge is 2.09. The van der Waals surface area contributed by atoms with Gasteiger partial charge in [0.25, 0.3) is 0 Å². The highest BCUT2D eigenvalue weighted by atomic mass is 16.5. The number of carbonyl (C=O) groups excluding carboxylic acids is 1. The van der Waals surface area contributed by atoms with E-state index in [1.54, 1.807) is 12.1 Å². The molecule has 1 aromatic rings. The van der Waals surface area contributed by atoms with Gasteiger partial charge in [-0.15, -0.1) is 0 Å². The predicted octanol–water partition coefficient (Wildman–Crippen LogP) is 1.09. The van der Waals surface area contributed by atoms with Crippen LogP contribution in [-0.4, -0.2) is 25.3 Å². The average molecular weight is 225 g/mol. The smallest absolute Gasteiger partial charge is 0.305 e. The molecule has 0 amide bonds. The van der Waals surface area contributed by atoms with Crippen molar-refractivity contribution in [1.82, 2.24) is 0 Å². The molecular weight excluding hydrogens is 210 g/mol. The summed E-state index contributed by atoms with van der Waals surface area (Å²) in [5.41, 5.74) is 6.64. The van der Waals surface area contributed by atoms with Gasteiger partial charge in [0.1, 0.15) is 0 Å². The van der Waals surface area contributed by atoms with Crippen LogP contribution in [0.4, 0.5) is 5.69 Å². The van der Waals surface area contributed by atoms with Crippen LogP contribution in [0.1, 0.15) is 12.0 Å². The molecule has 0 spiro atoms. The maximum absolute atomic E-state index is 11.0. The highest BCUT2D eigenvalue weighted by Crippen LogP contribution is 2.33. The Hall–Kier alpha value is -1.91. The van der Waals surface area contributed by atoms with E-state index in [9.17, 15) is 9.90 Å². The number of benzene rings is 1. The van der Waals surface area contributed by atoms with Crippen LogP contribution < -0.4 is 10.5 Å². The van der Waals surface area contributed by atoms with E-state index in [0.717, 1.165) is 5.56 Å². The van der Waals surface area contributed by atoms with Gasteiger partial charge in [0.05, 0.1) is 19.9 Å². The van der Waals surface area contributed by atoms with Crippen LogP contribution >= 0.6 is 0 Å². The molecule has 0 aromatic heterocycles. The normalized spacial score (nSPS) is 9.88. The third-order valence-corrected chi connectivity index (χ3v) is 2.23. The molecule has 3 N–H and O–H groups in total. The maximum atomic E-state index is 11.0. The molecule has 0 heterocycles. The van der Waals surface area contributed by atoms with E-state index in [-0.39, 0.29) is 23.8 Å². The lowest BCUT2D eigenvalue weighted by molar-refractivity contribution is -0.140. The Morgan fingerprint density at radius 2 is 2.12 bits per heavy atom. The first-order chi connectivity index (χ1) is 7.58. The topological polar surface area (TPSA) is 81.8 Å². The summed E-state index contributed by atoms with van der Waals surface area (Å²) in [5.74, 6) is -0.0604. The molecule has 16 heavy (non-hydrogen) atoms. The first-order valence-corrected chi connectivity index (χ1v) is 4.80. The number of nitrogen functional groups attached to an aromatic ring is 1. The van der Waals surface area contributed by atoms with Crippen molar-refractivity contribution in [1.29, 1.82) is 0 Å². The summed E-state index contributed by atoms with van der Waals surface area (Å²) < 4.78 is 9.49. The Morgan fingerprint density at radius 1 is 1.44 bits per heavy atom. The molecule has 0 fully saturated rings. The third-order valence-electron chi connectivity index (χ3n) is 2.23. The molecule has 0 saturated carbocycles. The second-order valence-electron chi connectivity index (χ2n) is 3.31. The fourth-order valence-corrected chi connectivity index (χ4v) is 1.34. The van der Waals surface area contributed by atoms with Gasteiger partial charge in [0.2, 0.25) is 0 Å². The summed E-state index contributed by atoms with van der Waals surface area (Å²) in [6, 6.07) is 3.26. The first-order valence-electron chi connectivity index (χ1n) is 4.80. The summed E-state index contributed by atoms with van der Waals surface area (Å²) >= 11 is 0. The number of carbonyl (C=O) groups is 1. The predicted molar refractivity (Wildman–Crippen MR) is 59.4 cm³/mol. The average Bonchev–Trinajstić information content (AvgIpc) is 2.29. The molecule has 1 rings (SSSR count). The summed E-state index contributed by atoms with van der Waals surface area (Å²) in [5, 5.41) is 9.50. The SMILES string of the molecule is COC(=O)CCc1cc(N)c(O)c(OC)c1. The number of methoxy groups -OCH3 is 2. The van der Waals surface area contributed by atoms with Crippen LogP contribution in [0.25, 0.3) is 0 Å². The molecule has 0 aliphatic carbocycles. The summed E-state index contributed by atoms with van der Waals surface area (Å²) in [6.45, 7) is 0. The molecule has 5 nitrogen and oxygen atoms in total. The van der Waals surface area contributed by atoms with Crippen LogP contribution in [0.15, 0.2) is 12.1 Å². The molecule has 0 aliphatic rings. The Kier molecular flexibility index (Phi) is 3.99. The van der Waals surface area contributed by atoms with Gasteiger partial charge in [0, 0.05) is 6.42 Å². The molecule has 0 radical (unpaired) electrons. The fourth-order valence-electron chi connectivity index (χ4n) is 1.34. The van der Waals surface area contributed by atoms with Crippen molar-refractivity contribution in [3.8, 4) is 11.5 Å². The van der Waals surface area contributed by atoms with Crippen molar-refractivity contribution in [2.24, 2.45) is 0 Å². The van der Waals surface area contributed by atoms with Crippen molar-refractivity contribution < 1.29 is 19.4 Å². The van der Waals surface area contributed by atoms with E-state index < -0.39 is 0 Å². The molecule has 0 unspecified atom stereocenters.